The summed E-state index contributed by atoms with van der Waals surface area (Å²) in [7, 11) is -3.30. The van der Waals surface area contributed by atoms with Crippen molar-refractivity contribution in [3.63, 3.8) is 0 Å². The Morgan fingerprint density at radius 1 is 1.13 bits per heavy atom. The van der Waals surface area contributed by atoms with Crippen LogP contribution in [-0.2, 0) is 16.4 Å². The predicted octanol–water partition coefficient (Wildman–Crippen LogP) is 0.232. The first-order valence-electron chi connectivity index (χ1n) is 4.58. The third kappa shape index (κ3) is 1.49. The zero-order valence-corrected chi connectivity index (χ0v) is 8.92. The van der Waals surface area contributed by atoms with E-state index in [0.717, 1.165) is 5.56 Å². The minimum Gasteiger partial charge on any atom is -0.326 e. The van der Waals surface area contributed by atoms with Crippen molar-refractivity contribution in [2.45, 2.75) is 11.4 Å². The summed E-state index contributed by atoms with van der Waals surface area (Å²) in [5.41, 5.74) is 13.3. The maximum Gasteiger partial charge on any atom is 0.200 e. The molecule has 1 aliphatic rings. The van der Waals surface area contributed by atoms with E-state index in [0.29, 0.717) is 22.6 Å². The van der Waals surface area contributed by atoms with E-state index >= 15 is 0 Å². The fourth-order valence-corrected chi connectivity index (χ4v) is 3.34. The van der Waals surface area contributed by atoms with Crippen molar-refractivity contribution in [2.24, 2.45) is 11.5 Å². The van der Waals surface area contributed by atoms with Crippen molar-refractivity contribution >= 4 is 15.4 Å². The number of benzene rings is 1. The van der Waals surface area contributed by atoms with Crippen molar-refractivity contribution in [1.82, 2.24) is 0 Å². The number of nitrogens with two attached hydrogens (primary N) is 2. The van der Waals surface area contributed by atoms with E-state index in [1.54, 1.807) is 12.1 Å². The lowest BCUT2D eigenvalue weighted by Gasteiger charge is -2.07. The molecule has 1 aromatic carbocycles. The monoisotopic (exact) mass is 224 g/mol. The molecule has 0 saturated carbocycles. The highest BCUT2D eigenvalue weighted by molar-refractivity contribution is 7.95. The number of hydrogen-bond acceptors (Lipinski definition) is 4. The van der Waals surface area contributed by atoms with Crippen LogP contribution in [0.3, 0.4) is 0 Å². The van der Waals surface area contributed by atoms with Crippen LogP contribution < -0.4 is 11.5 Å². The van der Waals surface area contributed by atoms with Crippen LogP contribution in [0.1, 0.15) is 11.1 Å². The van der Waals surface area contributed by atoms with Gasteiger partial charge in [-0.2, -0.15) is 0 Å². The van der Waals surface area contributed by atoms with Crippen molar-refractivity contribution in [1.29, 1.82) is 0 Å². The smallest absolute Gasteiger partial charge is 0.200 e. The van der Waals surface area contributed by atoms with E-state index in [1.807, 2.05) is 6.07 Å². The highest BCUT2D eigenvalue weighted by Crippen LogP contribution is 2.34. The van der Waals surface area contributed by atoms with Gasteiger partial charge in [0.25, 0.3) is 0 Å². The van der Waals surface area contributed by atoms with Crippen LogP contribution in [-0.4, -0.2) is 15.0 Å². The molecule has 1 heterocycles. The van der Waals surface area contributed by atoms with Crippen molar-refractivity contribution in [2.75, 3.05) is 6.54 Å². The Morgan fingerprint density at radius 2 is 1.87 bits per heavy atom. The van der Waals surface area contributed by atoms with Gasteiger partial charge in [0.1, 0.15) is 0 Å². The molecule has 5 heteroatoms. The largest absolute Gasteiger partial charge is 0.326 e. The average Bonchev–Trinajstić information content (AvgIpc) is 2.50. The van der Waals surface area contributed by atoms with E-state index < -0.39 is 9.84 Å². The maximum atomic E-state index is 11.7. The van der Waals surface area contributed by atoms with Crippen molar-refractivity contribution in [3.05, 3.63) is 34.7 Å². The Labute approximate surface area is 88.5 Å². The fraction of sp³-hybridized carbons (Fsp3) is 0.200. The molecule has 0 amide bonds. The van der Waals surface area contributed by atoms with E-state index in [2.05, 4.69) is 0 Å². The van der Waals surface area contributed by atoms with Gasteiger partial charge in [-0.1, -0.05) is 12.1 Å². The molecule has 0 atom stereocenters. The molecule has 80 valence electrons. The molecule has 2 rings (SSSR count). The number of sulfone groups is 1. The van der Waals surface area contributed by atoms with Crippen LogP contribution >= 0.6 is 0 Å². The maximum absolute atomic E-state index is 11.7. The van der Waals surface area contributed by atoms with Gasteiger partial charge >= 0.3 is 0 Å². The Hall–Kier alpha value is -1.17. The van der Waals surface area contributed by atoms with Gasteiger partial charge in [-0.3, -0.25) is 0 Å². The minimum atomic E-state index is -3.30. The SMILES string of the molecule is NCC1=CS(=O)(=O)c2cccc(CN)c21. The second-order valence-corrected chi connectivity index (χ2v) is 5.15. The molecule has 4 N–H and O–H groups in total. The molecule has 1 aromatic rings. The summed E-state index contributed by atoms with van der Waals surface area (Å²) >= 11 is 0. The summed E-state index contributed by atoms with van der Waals surface area (Å²) in [5, 5.41) is 1.23. The van der Waals surface area contributed by atoms with Gasteiger partial charge in [-0.15, -0.1) is 0 Å². The van der Waals surface area contributed by atoms with Crippen LogP contribution in [0.2, 0.25) is 0 Å². The third-order valence-corrected chi connectivity index (χ3v) is 4.03. The molecule has 0 spiro atoms. The van der Waals surface area contributed by atoms with Crippen LogP contribution in [0.15, 0.2) is 28.5 Å². The topological polar surface area (TPSA) is 86.2 Å². The lowest BCUT2D eigenvalue weighted by Crippen LogP contribution is -2.06. The van der Waals surface area contributed by atoms with Gasteiger partial charge in [-0.05, 0) is 17.2 Å². The highest BCUT2D eigenvalue weighted by atomic mass is 32.2. The first-order chi connectivity index (χ1) is 7.10. The molecule has 0 fully saturated rings. The van der Waals surface area contributed by atoms with Gasteiger partial charge in [-0.25, -0.2) is 8.42 Å². The lowest BCUT2D eigenvalue weighted by atomic mass is 10.0. The number of rotatable bonds is 2. The summed E-state index contributed by atoms with van der Waals surface area (Å²) in [6.07, 6.45) is 0. The van der Waals surface area contributed by atoms with E-state index in [9.17, 15) is 8.42 Å². The van der Waals surface area contributed by atoms with Crippen LogP contribution in [0.25, 0.3) is 5.57 Å². The van der Waals surface area contributed by atoms with Crippen molar-refractivity contribution in [3.8, 4) is 0 Å². The summed E-state index contributed by atoms with van der Waals surface area (Å²) in [6, 6.07) is 5.11. The van der Waals surface area contributed by atoms with Crippen LogP contribution in [0.4, 0.5) is 0 Å². The van der Waals surface area contributed by atoms with Gasteiger partial charge in [0.2, 0.25) is 9.84 Å². The quantitative estimate of drug-likeness (QED) is 0.753. The molecule has 0 aromatic heterocycles. The summed E-state index contributed by atoms with van der Waals surface area (Å²) in [4.78, 5) is 0.325. The van der Waals surface area contributed by atoms with Crippen LogP contribution in [0.5, 0.6) is 0 Å². The fourth-order valence-electron chi connectivity index (χ4n) is 1.81. The average molecular weight is 224 g/mol. The first kappa shape index (κ1) is 10.4. The zero-order valence-electron chi connectivity index (χ0n) is 8.10. The summed E-state index contributed by atoms with van der Waals surface area (Å²) in [5.74, 6) is 0. The zero-order chi connectivity index (χ0) is 11.1. The number of hydrogen-bond donors (Lipinski definition) is 2. The molecule has 4 nitrogen and oxygen atoms in total. The van der Waals surface area contributed by atoms with Gasteiger partial charge < -0.3 is 11.5 Å². The third-order valence-electron chi connectivity index (χ3n) is 2.48. The van der Waals surface area contributed by atoms with E-state index in [4.69, 9.17) is 11.5 Å². The predicted molar refractivity (Wildman–Crippen MR) is 58.6 cm³/mol. The summed E-state index contributed by atoms with van der Waals surface area (Å²) < 4.78 is 23.4. The second kappa shape index (κ2) is 3.44. The molecular weight excluding hydrogens is 212 g/mol. The van der Waals surface area contributed by atoms with Gasteiger partial charge in [0.15, 0.2) is 0 Å². The molecule has 0 bridgehead atoms. The molecular formula is C10H12N2O2S. The Balaban J connectivity index is 2.78. The normalized spacial score (nSPS) is 17.3. The van der Waals surface area contributed by atoms with E-state index in [1.165, 1.54) is 5.41 Å². The van der Waals surface area contributed by atoms with Crippen molar-refractivity contribution < 1.29 is 8.42 Å². The minimum absolute atomic E-state index is 0.212. The molecule has 1 aliphatic heterocycles. The molecule has 0 aliphatic carbocycles. The Morgan fingerprint density at radius 3 is 2.47 bits per heavy atom. The van der Waals surface area contributed by atoms with E-state index in [-0.39, 0.29) is 6.54 Å². The Bertz CT molecular complexity index is 532. The summed E-state index contributed by atoms with van der Waals surface area (Å²) in [6.45, 7) is 0.527. The van der Waals surface area contributed by atoms with Crippen LogP contribution in [0, 0.1) is 0 Å². The molecule has 0 saturated heterocycles. The van der Waals surface area contributed by atoms with Gasteiger partial charge in [0, 0.05) is 24.1 Å². The standard InChI is InChI=1S/C10H12N2O2S/c11-4-7-2-1-3-9-10(7)8(5-12)6-15(9,13)14/h1-3,6H,4-5,11-12H2. The second-order valence-electron chi connectivity index (χ2n) is 3.39. The van der Waals surface area contributed by atoms with Gasteiger partial charge in [0.05, 0.1) is 4.90 Å². The number of fused-ring (bicyclic) bond motifs is 1. The molecule has 0 radical (unpaired) electrons. The lowest BCUT2D eigenvalue weighted by molar-refractivity contribution is 0.605. The highest BCUT2D eigenvalue weighted by Gasteiger charge is 2.27. The molecule has 0 unspecified atom stereocenters. The first-order valence-corrected chi connectivity index (χ1v) is 6.13. The Kier molecular flexibility index (Phi) is 2.38. The molecule has 15 heavy (non-hydrogen) atoms.